The van der Waals surface area contributed by atoms with E-state index in [2.05, 4.69) is 0 Å². The fourth-order valence-corrected chi connectivity index (χ4v) is 2.36. The summed E-state index contributed by atoms with van der Waals surface area (Å²) in [7, 11) is 0. The third-order valence-corrected chi connectivity index (χ3v) is 3.11. The normalized spacial score (nSPS) is 19.6. The number of aliphatic hydroxyl groups is 1. The molecule has 0 atom stereocenters. The van der Waals surface area contributed by atoms with Crippen molar-refractivity contribution in [1.82, 2.24) is 0 Å². The first kappa shape index (κ1) is 9.46. The van der Waals surface area contributed by atoms with Gasteiger partial charge in [0.25, 0.3) is 5.95 Å². The van der Waals surface area contributed by atoms with Crippen LogP contribution in [0.2, 0.25) is 0 Å². The third kappa shape index (κ3) is 1.73. The van der Waals surface area contributed by atoms with Crippen molar-refractivity contribution in [2.75, 3.05) is 0 Å². The lowest BCUT2D eigenvalue weighted by atomic mass is 10.2. The largest absolute Gasteiger partial charge is 0.480 e. The molecule has 0 saturated carbocycles. The highest BCUT2D eigenvalue weighted by Gasteiger charge is 2.34. The predicted molar refractivity (Wildman–Crippen MR) is 58.7 cm³/mol. The van der Waals surface area contributed by atoms with E-state index in [1.807, 2.05) is 44.2 Å². The van der Waals surface area contributed by atoms with Gasteiger partial charge in [0, 0.05) is 0 Å². The van der Waals surface area contributed by atoms with Gasteiger partial charge in [0.15, 0.2) is 4.93 Å². The molecule has 0 aromatic heterocycles. The molecule has 74 valence electrons. The van der Waals surface area contributed by atoms with Gasteiger partial charge in [-0.15, -0.1) is 0 Å². The van der Waals surface area contributed by atoms with Crippen LogP contribution in [-0.4, -0.2) is 10.0 Å². The van der Waals surface area contributed by atoms with E-state index in [0.29, 0.717) is 0 Å². The molecule has 0 saturated heterocycles. The average molecular weight is 208 g/mol. The molecule has 1 N–H and O–H groups in total. The Bertz CT molecular complexity index is 368. The zero-order valence-electron chi connectivity index (χ0n) is 8.15. The lowest BCUT2D eigenvalue weighted by molar-refractivity contribution is 0.0414. The SMILES string of the molecule is CC1(C)OC(O)=C(c2ccccc2)S1. The molecule has 1 aromatic rings. The van der Waals surface area contributed by atoms with Crippen LogP contribution >= 0.6 is 11.8 Å². The van der Waals surface area contributed by atoms with Gasteiger partial charge < -0.3 is 9.84 Å². The quantitative estimate of drug-likeness (QED) is 0.767. The van der Waals surface area contributed by atoms with Crippen molar-refractivity contribution in [2.45, 2.75) is 18.8 Å². The predicted octanol–water partition coefficient (Wildman–Crippen LogP) is 3.37. The molecule has 0 aliphatic carbocycles. The Kier molecular flexibility index (Phi) is 2.19. The Balaban J connectivity index is 2.33. The van der Waals surface area contributed by atoms with Crippen molar-refractivity contribution < 1.29 is 9.84 Å². The van der Waals surface area contributed by atoms with Crippen LogP contribution in [0.3, 0.4) is 0 Å². The Hall–Kier alpha value is -1.09. The molecule has 1 aliphatic rings. The Morgan fingerprint density at radius 2 is 1.86 bits per heavy atom. The first-order valence-electron chi connectivity index (χ1n) is 4.45. The first-order chi connectivity index (χ1) is 6.58. The minimum atomic E-state index is -0.366. The van der Waals surface area contributed by atoms with E-state index in [9.17, 15) is 5.11 Å². The minimum Gasteiger partial charge on any atom is -0.480 e. The van der Waals surface area contributed by atoms with Gasteiger partial charge in [0.05, 0.1) is 4.91 Å². The van der Waals surface area contributed by atoms with Crippen LogP contribution in [0.15, 0.2) is 36.3 Å². The first-order valence-corrected chi connectivity index (χ1v) is 5.27. The number of hydrogen-bond acceptors (Lipinski definition) is 3. The molecule has 1 aromatic carbocycles. The Morgan fingerprint density at radius 1 is 1.21 bits per heavy atom. The van der Waals surface area contributed by atoms with Crippen LogP contribution in [0.1, 0.15) is 19.4 Å². The van der Waals surface area contributed by atoms with Gasteiger partial charge in [-0.25, -0.2) is 0 Å². The summed E-state index contributed by atoms with van der Waals surface area (Å²) < 4.78 is 5.31. The monoisotopic (exact) mass is 208 g/mol. The van der Waals surface area contributed by atoms with Crippen molar-refractivity contribution in [3.05, 3.63) is 41.8 Å². The van der Waals surface area contributed by atoms with E-state index in [1.54, 1.807) is 0 Å². The lowest BCUT2D eigenvalue weighted by Gasteiger charge is -2.15. The van der Waals surface area contributed by atoms with Crippen molar-refractivity contribution in [3.8, 4) is 0 Å². The topological polar surface area (TPSA) is 29.5 Å². The molecule has 2 rings (SSSR count). The molecule has 2 nitrogen and oxygen atoms in total. The standard InChI is InChI=1S/C11H12O2S/c1-11(2)13-10(12)9(14-11)8-6-4-3-5-7-8/h3-7,12H,1-2H3. The van der Waals surface area contributed by atoms with Gasteiger partial charge in [-0.05, 0) is 19.4 Å². The van der Waals surface area contributed by atoms with Crippen molar-refractivity contribution in [2.24, 2.45) is 0 Å². The summed E-state index contributed by atoms with van der Waals surface area (Å²) in [4.78, 5) is 0.450. The molecule has 0 radical (unpaired) electrons. The molecule has 0 bridgehead atoms. The molecule has 0 spiro atoms. The van der Waals surface area contributed by atoms with Crippen LogP contribution < -0.4 is 0 Å². The maximum Gasteiger partial charge on any atom is 0.293 e. The maximum absolute atomic E-state index is 9.61. The van der Waals surface area contributed by atoms with Gasteiger partial charge in [0.2, 0.25) is 0 Å². The van der Waals surface area contributed by atoms with E-state index in [0.717, 1.165) is 10.5 Å². The maximum atomic E-state index is 9.61. The Labute approximate surface area is 87.6 Å². The smallest absolute Gasteiger partial charge is 0.293 e. The van der Waals surface area contributed by atoms with E-state index < -0.39 is 0 Å². The van der Waals surface area contributed by atoms with Gasteiger partial charge in [-0.3, -0.25) is 0 Å². The summed E-state index contributed by atoms with van der Waals surface area (Å²) >= 11 is 1.54. The number of rotatable bonds is 1. The van der Waals surface area contributed by atoms with Crippen LogP contribution in [0.25, 0.3) is 4.91 Å². The van der Waals surface area contributed by atoms with Gasteiger partial charge in [-0.1, -0.05) is 42.1 Å². The third-order valence-electron chi connectivity index (χ3n) is 1.92. The van der Waals surface area contributed by atoms with Gasteiger partial charge in [-0.2, -0.15) is 0 Å². The van der Waals surface area contributed by atoms with E-state index in [4.69, 9.17) is 4.74 Å². The number of hydrogen-bond donors (Lipinski definition) is 1. The summed E-state index contributed by atoms with van der Waals surface area (Å²) in [5.41, 5.74) is 1.00. The molecular weight excluding hydrogens is 196 g/mol. The van der Waals surface area contributed by atoms with Crippen molar-refractivity contribution in [3.63, 3.8) is 0 Å². The van der Waals surface area contributed by atoms with Gasteiger partial charge in [0.1, 0.15) is 0 Å². The summed E-state index contributed by atoms with van der Waals surface area (Å²) in [5.74, 6) is 0.0335. The Morgan fingerprint density at radius 3 is 2.36 bits per heavy atom. The molecule has 1 aliphatic heterocycles. The number of thioether (sulfide) groups is 1. The molecule has 14 heavy (non-hydrogen) atoms. The number of aliphatic hydroxyl groups excluding tert-OH is 1. The van der Waals surface area contributed by atoms with Crippen molar-refractivity contribution in [1.29, 1.82) is 0 Å². The molecule has 1 heterocycles. The second-order valence-corrected chi connectivity index (χ2v) is 5.20. The summed E-state index contributed by atoms with van der Waals surface area (Å²) in [6, 6.07) is 9.77. The molecule has 0 fully saturated rings. The molecule has 3 heteroatoms. The number of ether oxygens (including phenoxy) is 1. The fraction of sp³-hybridized carbons (Fsp3) is 0.273. The van der Waals surface area contributed by atoms with Gasteiger partial charge >= 0.3 is 0 Å². The lowest BCUT2D eigenvalue weighted by Crippen LogP contribution is -2.13. The second-order valence-electron chi connectivity index (χ2n) is 3.60. The highest BCUT2D eigenvalue weighted by molar-refractivity contribution is 8.09. The van der Waals surface area contributed by atoms with E-state index in [1.165, 1.54) is 11.8 Å². The van der Waals surface area contributed by atoms with Crippen LogP contribution in [0.4, 0.5) is 0 Å². The van der Waals surface area contributed by atoms with Crippen LogP contribution in [0, 0.1) is 0 Å². The highest BCUT2D eigenvalue weighted by atomic mass is 32.2. The van der Waals surface area contributed by atoms with Crippen LogP contribution in [-0.2, 0) is 4.74 Å². The van der Waals surface area contributed by atoms with Crippen molar-refractivity contribution >= 4 is 16.7 Å². The molecule has 0 amide bonds. The van der Waals surface area contributed by atoms with E-state index >= 15 is 0 Å². The zero-order valence-corrected chi connectivity index (χ0v) is 8.97. The molecule has 0 unspecified atom stereocenters. The summed E-state index contributed by atoms with van der Waals surface area (Å²) in [5, 5.41) is 9.61. The number of benzene rings is 1. The summed E-state index contributed by atoms with van der Waals surface area (Å²) in [6.07, 6.45) is 0. The molecular formula is C11H12O2S. The highest BCUT2D eigenvalue weighted by Crippen LogP contribution is 2.47. The van der Waals surface area contributed by atoms with Crippen LogP contribution in [0.5, 0.6) is 0 Å². The zero-order chi connectivity index (χ0) is 10.2. The summed E-state index contributed by atoms with van der Waals surface area (Å²) in [6.45, 7) is 3.87. The fourth-order valence-electron chi connectivity index (χ4n) is 1.36. The average Bonchev–Trinajstić information content (AvgIpc) is 2.41. The second kappa shape index (κ2) is 3.24. The van der Waals surface area contributed by atoms with E-state index in [-0.39, 0.29) is 10.9 Å². The minimum absolute atomic E-state index is 0.0335.